The van der Waals surface area contributed by atoms with Crippen LogP contribution in [0.1, 0.15) is 18.5 Å². The highest BCUT2D eigenvalue weighted by molar-refractivity contribution is 9.11. The Morgan fingerprint density at radius 1 is 1.00 bits per heavy atom. The summed E-state index contributed by atoms with van der Waals surface area (Å²) in [6.07, 6.45) is 0. The van der Waals surface area contributed by atoms with Gasteiger partial charge in [0.25, 0.3) is 0 Å². The predicted octanol–water partition coefficient (Wildman–Crippen LogP) is 4.75. The molecule has 4 heteroatoms. The summed E-state index contributed by atoms with van der Waals surface area (Å²) < 4.78 is 2.27. The average Bonchev–Trinajstić information content (AvgIpc) is 2.50. The third-order valence-electron chi connectivity index (χ3n) is 4.00. The van der Waals surface area contributed by atoms with Gasteiger partial charge in [-0.1, -0.05) is 36.4 Å². The summed E-state index contributed by atoms with van der Waals surface area (Å²) in [7, 11) is 0. The summed E-state index contributed by atoms with van der Waals surface area (Å²) in [5.41, 5.74) is 2.59. The van der Waals surface area contributed by atoms with E-state index in [2.05, 4.69) is 97.5 Å². The lowest BCUT2D eigenvalue weighted by Gasteiger charge is -2.41. The number of nitrogens with zero attached hydrogens (tertiary/aromatic N) is 1. The molecule has 0 aromatic heterocycles. The third kappa shape index (κ3) is 3.17. The van der Waals surface area contributed by atoms with E-state index in [-0.39, 0.29) is 0 Å². The molecule has 1 N–H and O–H groups in total. The van der Waals surface area contributed by atoms with Gasteiger partial charge in [0.15, 0.2) is 0 Å². The first-order valence-electron chi connectivity index (χ1n) is 7.16. The Bertz CT molecular complexity index is 595. The van der Waals surface area contributed by atoms with Gasteiger partial charge in [-0.2, -0.15) is 0 Å². The van der Waals surface area contributed by atoms with Gasteiger partial charge < -0.3 is 10.2 Å². The second-order valence-corrected chi connectivity index (χ2v) is 7.15. The fourth-order valence-electron chi connectivity index (χ4n) is 2.85. The number of hydrogen-bond acceptors (Lipinski definition) is 2. The van der Waals surface area contributed by atoms with Crippen molar-refractivity contribution in [3.05, 3.63) is 63.0 Å². The SMILES string of the molecule is CC1CNC(c2ccccc2)CN1c1c(Br)cccc1Br. The van der Waals surface area contributed by atoms with E-state index in [0.717, 1.165) is 22.0 Å². The van der Waals surface area contributed by atoms with Gasteiger partial charge in [0, 0.05) is 34.1 Å². The largest absolute Gasteiger partial charge is 0.364 e. The van der Waals surface area contributed by atoms with E-state index in [1.54, 1.807) is 0 Å². The quantitative estimate of drug-likeness (QED) is 0.769. The molecule has 1 saturated heterocycles. The standard InChI is InChI=1S/C17H18Br2N2/c1-12-10-20-16(13-6-3-2-4-7-13)11-21(12)17-14(18)8-5-9-15(17)19/h2-9,12,16,20H,10-11H2,1H3. The Hall–Kier alpha value is -0.840. The summed E-state index contributed by atoms with van der Waals surface area (Å²) in [5, 5.41) is 3.65. The minimum Gasteiger partial charge on any atom is -0.364 e. The molecular formula is C17H18Br2N2. The first-order chi connectivity index (χ1) is 10.2. The van der Waals surface area contributed by atoms with Gasteiger partial charge in [-0.25, -0.2) is 0 Å². The van der Waals surface area contributed by atoms with Crippen LogP contribution in [0.4, 0.5) is 5.69 Å². The number of nitrogens with one attached hydrogen (secondary N) is 1. The van der Waals surface area contributed by atoms with Crippen molar-refractivity contribution in [3.8, 4) is 0 Å². The molecule has 0 bridgehead atoms. The van der Waals surface area contributed by atoms with Crippen molar-refractivity contribution >= 4 is 37.5 Å². The fraction of sp³-hybridized carbons (Fsp3) is 0.294. The molecule has 0 radical (unpaired) electrons. The van der Waals surface area contributed by atoms with Crippen LogP contribution in [0.15, 0.2) is 57.5 Å². The van der Waals surface area contributed by atoms with Crippen LogP contribution in [0.3, 0.4) is 0 Å². The number of rotatable bonds is 2. The Morgan fingerprint density at radius 2 is 1.67 bits per heavy atom. The molecule has 0 aliphatic carbocycles. The Morgan fingerprint density at radius 3 is 2.33 bits per heavy atom. The fourth-order valence-corrected chi connectivity index (χ4v) is 4.30. The lowest BCUT2D eigenvalue weighted by molar-refractivity contribution is 0.414. The smallest absolute Gasteiger partial charge is 0.0658 e. The first-order valence-corrected chi connectivity index (χ1v) is 8.74. The van der Waals surface area contributed by atoms with Crippen molar-refractivity contribution in [2.45, 2.75) is 19.0 Å². The lowest BCUT2D eigenvalue weighted by Crippen LogP contribution is -2.51. The molecule has 21 heavy (non-hydrogen) atoms. The van der Waals surface area contributed by atoms with Crippen molar-refractivity contribution in [1.82, 2.24) is 5.32 Å². The molecule has 3 rings (SSSR count). The molecule has 2 atom stereocenters. The van der Waals surface area contributed by atoms with Crippen LogP contribution in [0.5, 0.6) is 0 Å². The Labute approximate surface area is 142 Å². The van der Waals surface area contributed by atoms with Crippen molar-refractivity contribution in [1.29, 1.82) is 0 Å². The van der Waals surface area contributed by atoms with Crippen molar-refractivity contribution in [2.75, 3.05) is 18.0 Å². The molecule has 1 aliphatic rings. The third-order valence-corrected chi connectivity index (χ3v) is 5.28. The van der Waals surface area contributed by atoms with Crippen LogP contribution in [0.25, 0.3) is 0 Å². The maximum absolute atomic E-state index is 3.69. The summed E-state index contributed by atoms with van der Waals surface area (Å²) in [6, 6.07) is 17.7. The topological polar surface area (TPSA) is 15.3 Å². The first kappa shape index (κ1) is 15.1. The van der Waals surface area contributed by atoms with Gasteiger partial charge in [-0.15, -0.1) is 0 Å². The molecule has 0 saturated carbocycles. The Balaban J connectivity index is 1.91. The van der Waals surface area contributed by atoms with E-state index in [1.165, 1.54) is 11.3 Å². The van der Waals surface area contributed by atoms with Crippen LogP contribution in [-0.2, 0) is 0 Å². The maximum atomic E-state index is 3.69. The molecule has 2 unspecified atom stereocenters. The highest BCUT2D eigenvalue weighted by Crippen LogP contribution is 2.37. The van der Waals surface area contributed by atoms with Gasteiger partial charge in [0.1, 0.15) is 0 Å². The van der Waals surface area contributed by atoms with E-state index >= 15 is 0 Å². The molecule has 0 amide bonds. The summed E-state index contributed by atoms with van der Waals surface area (Å²) in [4.78, 5) is 2.47. The van der Waals surface area contributed by atoms with Gasteiger partial charge in [-0.3, -0.25) is 0 Å². The molecular weight excluding hydrogens is 392 g/mol. The van der Waals surface area contributed by atoms with E-state index < -0.39 is 0 Å². The van der Waals surface area contributed by atoms with Crippen LogP contribution >= 0.6 is 31.9 Å². The van der Waals surface area contributed by atoms with Crippen LogP contribution in [0, 0.1) is 0 Å². The minimum absolute atomic E-state index is 0.362. The maximum Gasteiger partial charge on any atom is 0.0658 e. The zero-order chi connectivity index (χ0) is 14.8. The lowest BCUT2D eigenvalue weighted by atomic mass is 10.0. The summed E-state index contributed by atoms with van der Waals surface area (Å²) in [6.45, 7) is 4.21. The van der Waals surface area contributed by atoms with Crippen molar-refractivity contribution < 1.29 is 0 Å². The zero-order valence-electron chi connectivity index (χ0n) is 11.9. The van der Waals surface area contributed by atoms with Crippen LogP contribution in [0.2, 0.25) is 0 Å². The highest BCUT2D eigenvalue weighted by Gasteiger charge is 2.28. The highest BCUT2D eigenvalue weighted by atomic mass is 79.9. The zero-order valence-corrected chi connectivity index (χ0v) is 15.1. The molecule has 2 aromatic carbocycles. The minimum atomic E-state index is 0.362. The second kappa shape index (κ2) is 6.51. The van der Waals surface area contributed by atoms with E-state index in [4.69, 9.17) is 0 Å². The predicted molar refractivity (Wildman–Crippen MR) is 95.8 cm³/mol. The van der Waals surface area contributed by atoms with E-state index in [9.17, 15) is 0 Å². The molecule has 2 nitrogen and oxygen atoms in total. The molecule has 0 spiro atoms. The average molecular weight is 410 g/mol. The molecule has 1 heterocycles. The van der Waals surface area contributed by atoms with Crippen LogP contribution < -0.4 is 10.2 Å². The molecule has 1 aliphatic heterocycles. The number of benzene rings is 2. The number of halogens is 2. The van der Waals surface area contributed by atoms with Crippen molar-refractivity contribution in [3.63, 3.8) is 0 Å². The summed E-state index contributed by atoms with van der Waals surface area (Å²) >= 11 is 7.39. The normalized spacial score (nSPS) is 22.3. The van der Waals surface area contributed by atoms with Gasteiger partial charge >= 0.3 is 0 Å². The van der Waals surface area contributed by atoms with Crippen molar-refractivity contribution in [2.24, 2.45) is 0 Å². The van der Waals surface area contributed by atoms with Gasteiger partial charge in [-0.05, 0) is 56.5 Å². The molecule has 2 aromatic rings. The van der Waals surface area contributed by atoms with E-state index in [1.807, 2.05) is 0 Å². The number of para-hydroxylation sites is 1. The summed E-state index contributed by atoms with van der Waals surface area (Å²) in [5.74, 6) is 0. The number of piperazine rings is 1. The number of hydrogen-bond donors (Lipinski definition) is 1. The molecule has 1 fully saturated rings. The number of anilines is 1. The van der Waals surface area contributed by atoms with E-state index in [0.29, 0.717) is 12.1 Å². The Kier molecular flexibility index (Phi) is 4.67. The van der Waals surface area contributed by atoms with Gasteiger partial charge in [0.2, 0.25) is 0 Å². The van der Waals surface area contributed by atoms with Gasteiger partial charge in [0.05, 0.1) is 5.69 Å². The monoisotopic (exact) mass is 408 g/mol. The molecule has 110 valence electrons. The van der Waals surface area contributed by atoms with Crippen LogP contribution in [-0.4, -0.2) is 19.1 Å². The second-order valence-electron chi connectivity index (χ2n) is 5.44.